The van der Waals surface area contributed by atoms with Crippen molar-refractivity contribution in [2.24, 2.45) is 0 Å². The number of pyridine rings is 1. The quantitative estimate of drug-likeness (QED) is 0.472. The van der Waals surface area contributed by atoms with Crippen LogP contribution in [0.1, 0.15) is 37.4 Å². The van der Waals surface area contributed by atoms with E-state index in [2.05, 4.69) is 15.2 Å². The first-order valence-electron chi connectivity index (χ1n) is 11.8. The van der Waals surface area contributed by atoms with Gasteiger partial charge in [0.2, 0.25) is 5.91 Å². The molecular weight excluding hydrogens is 473 g/mol. The van der Waals surface area contributed by atoms with E-state index in [1.807, 2.05) is 6.07 Å². The van der Waals surface area contributed by atoms with Gasteiger partial charge >= 0.3 is 0 Å². The number of alkyl halides is 2. The van der Waals surface area contributed by atoms with Crippen LogP contribution in [0.3, 0.4) is 0 Å². The van der Waals surface area contributed by atoms with E-state index in [-0.39, 0.29) is 24.7 Å². The number of nitrogens with one attached hydrogen (secondary N) is 1. The lowest BCUT2D eigenvalue weighted by molar-refractivity contribution is -0.129. The Kier molecular flexibility index (Phi) is 7.83. The van der Waals surface area contributed by atoms with Gasteiger partial charge in [-0.3, -0.25) is 9.78 Å². The topological polar surface area (TPSA) is 77.9 Å². The fourth-order valence-electron chi connectivity index (χ4n) is 4.45. The molecule has 10 heteroatoms. The third-order valence-corrected chi connectivity index (χ3v) is 6.37. The Labute approximate surface area is 207 Å². The van der Waals surface area contributed by atoms with Gasteiger partial charge in [0.05, 0.1) is 29.4 Å². The second kappa shape index (κ2) is 11.0. The maximum Gasteiger partial charge on any atom is 0.266 e. The Balaban J connectivity index is 1.69. The Hall–Kier alpha value is -3.53. The van der Waals surface area contributed by atoms with Gasteiger partial charge in [0.25, 0.3) is 6.43 Å². The Morgan fingerprint density at radius 3 is 2.56 bits per heavy atom. The minimum absolute atomic E-state index is 0.0257. The summed E-state index contributed by atoms with van der Waals surface area (Å²) in [6.07, 6.45) is -1.30. The van der Waals surface area contributed by atoms with Gasteiger partial charge < -0.3 is 25.0 Å². The molecule has 7 nitrogen and oxygen atoms in total. The number of piperazine rings is 1. The molecule has 36 heavy (non-hydrogen) atoms. The van der Waals surface area contributed by atoms with Gasteiger partial charge in [-0.15, -0.1) is 0 Å². The van der Waals surface area contributed by atoms with Gasteiger partial charge in [-0.05, 0) is 19.1 Å². The van der Waals surface area contributed by atoms with Gasteiger partial charge in [-0.2, -0.15) is 0 Å². The van der Waals surface area contributed by atoms with E-state index in [0.29, 0.717) is 43.1 Å². The number of aliphatic hydroxyl groups is 1. The lowest BCUT2D eigenvalue weighted by Gasteiger charge is -2.36. The molecule has 192 valence electrons. The number of anilines is 2. The zero-order chi connectivity index (χ0) is 25.8. The minimum atomic E-state index is -2.90. The molecule has 2 aromatic carbocycles. The summed E-state index contributed by atoms with van der Waals surface area (Å²) < 4.78 is 47.0. The zero-order valence-corrected chi connectivity index (χ0v) is 20.2. The van der Waals surface area contributed by atoms with Crippen LogP contribution in [0.15, 0.2) is 42.6 Å². The fourth-order valence-corrected chi connectivity index (χ4v) is 4.45. The monoisotopic (exact) mass is 502 g/mol. The largest absolute Gasteiger partial charge is 0.489 e. The lowest BCUT2D eigenvalue weighted by atomic mass is 10.0. The maximum absolute atomic E-state index is 14.8. The second-order valence-electron chi connectivity index (χ2n) is 8.68. The molecule has 2 N–H and O–H groups in total. The molecule has 0 radical (unpaired) electrons. The molecule has 0 saturated carbocycles. The molecule has 1 fully saturated rings. The van der Waals surface area contributed by atoms with Crippen LogP contribution in [0.4, 0.5) is 24.5 Å². The van der Waals surface area contributed by atoms with Crippen molar-refractivity contribution in [3.63, 3.8) is 0 Å². The number of aliphatic hydroxyl groups excluding tert-OH is 1. The molecule has 0 spiro atoms. The zero-order valence-electron chi connectivity index (χ0n) is 20.2. The molecule has 4 rings (SSSR count). The van der Waals surface area contributed by atoms with E-state index >= 15 is 0 Å². The standard InChI is InChI=1S/C26H29F3N4O3/c1-16(18-4-3-5-19(25(18)27)26(28)29)31-21-6-7-30-22-15-24(36-13-12-34)23(14-20(21)22)33-10-8-32(9-11-33)17(2)35/h3-7,14-16,26,34H,8-13H2,1-2H3,(H,30,31)/t16-/m1/s1. The number of carbonyl (C=O) groups excluding carboxylic acids is 1. The molecule has 0 aliphatic carbocycles. The first kappa shape index (κ1) is 25.6. The van der Waals surface area contributed by atoms with Crippen LogP contribution < -0.4 is 15.0 Å². The lowest BCUT2D eigenvalue weighted by Crippen LogP contribution is -2.48. The molecule has 1 atom stereocenters. The number of fused-ring (bicyclic) bond motifs is 1. The number of aromatic nitrogens is 1. The molecule has 0 unspecified atom stereocenters. The van der Waals surface area contributed by atoms with Crippen molar-refractivity contribution in [2.45, 2.75) is 26.3 Å². The number of benzene rings is 2. The van der Waals surface area contributed by atoms with Crippen molar-refractivity contribution in [1.82, 2.24) is 9.88 Å². The highest BCUT2D eigenvalue weighted by Crippen LogP contribution is 2.37. The SMILES string of the molecule is CC(=O)N1CCN(c2cc3c(N[C@H](C)c4cccc(C(F)F)c4F)ccnc3cc2OCCO)CC1. The van der Waals surface area contributed by atoms with Crippen molar-refractivity contribution in [3.05, 3.63) is 59.5 Å². The van der Waals surface area contributed by atoms with Crippen LogP contribution in [-0.4, -0.2) is 60.3 Å². The van der Waals surface area contributed by atoms with E-state index in [4.69, 9.17) is 4.74 Å². The molecular formula is C26H29F3N4O3. The smallest absolute Gasteiger partial charge is 0.266 e. The number of carbonyl (C=O) groups is 1. The van der Waals surface area contributed by atoms with Crippen molar-refractivity contribution < 1.29 is 27.8 Å². The number of ether oxygens (including phenoxy) is 1. The number of rotatable bonds is 8. The number of nitrogens with zero attached hydrogens (tertiary/aromatic N) is 3. The summed E-state index contributed by atoms with van der Waals surface area (Å²) in [5.41, 5.74) is 1.58. The molecule has 1 aromatic heterocycles. The predicted molar refractivity (Wildman–Crippen MR) is 132 cm³/mol. The van der Waals surface area contributed by atoms with Crippen LogP contribution in [0.25, 0.3) is 10.9 Å². The van der Waals surface area contributed by atoms with E-state index in [0.717, 1.165) is 17.1 Å². The Morgan fingerprint density at radius 1 is 1.17 bits per heavy atom. The van der Waals surface area contributed by atoms with Crippen LogP contribution >= 0.6 is 0 Å². The molecule has 3 aromatic rings. The summed E-state index contributed by atoms with van der Waals surface area (Å²) in [7, 11) is 0. The highest BCUT2D eigenvalue weighted by atomic mass is 19.3. The molecule has 1 aliphatic rings. The van der Waals surface area contributed by atoms with Crippen LogP contribution in [0.2, 0.25) is 0 Å². The third-order valence-electron chi connectivity index (χ3n) is 6.37. The molecule has 0 bridgehead atoms. The van der Waals surface area contributed by atoms with Crippen LogP contribution in [-0.2, 0) is 4.79 Å². The molecule has 2 heterocycles. The number of hydrogen-bond acceptors (Lipinski definition) is 6. The molecule has 1 aliphatic heterocycles. The van der Waals surface area contributed by atoms with Crippen molar-refractivity contribution in [3.8, 4) is 5.75 Å². The van der Waals surface area contributed by atoms with E-state index in [1.54, 1.807) is 37.1 Å². The van der Waals surface area contributed by atoms with Crippen molar-refractivity contribution >= 4 is 28.2 Å². The van der Waals surface area contributed by atoms with Gasteiger partial charge in [-0.25, -0.2) is 13.2 Å². The summed E-state index contributed by atoms with van der Waals surface area (Å²) >= 11 is 0. The highest BCUT2D eigenvalue weighted by molar-refractivity contribution is 5.95. The van der Waals surface area contributed by atoms with Gasteiger partial charge in [0.1, 0.15) is 18.2 Å². The number of hydrogen-bond donors (Lipinski definition) is 2. The summed E-state index contributed by atoms with van der Waals surface area (Å²) in [6, 6.07) is 8.85. The Bertz CT molecular complexity index is 1230. The van der Waals surface area contributed by atoms with Gasteiger partial charge in [0, 0.05) is 62.0 Å². The molecule has 1 amide bonds. The van der Waals surface area contributed by atoms with E-state index in [1.165, 1.54) is 12.1 Å². The normalized spacial score (nSPS) is 14.9. The Morgan fingerprint density at radius 2 is 1.89 bits per heavy atom. The van der Waals surface area contributed by atoms with Crippen LogP contribution in [0.5, 0.6) is 5.75 Å². The van der Waals surface area contributed by atoms with E-state index in [9.17, 15) is 23.1 Å². The maximum atomic E-state index is 14.8. The average Bonchev–Trinajstić information content (AvgIpc) is 2.87. The first-order valence-corrected chi connectivity index (χ1v) is 11.8. The van der Waals surface area contributed by atoms with Crippen molar-refractivity contribution in [1.29, 1.82) is 0 Å². The summed E-state index contributed by atoms with van der Waals surface area (Å²) in [6.45, 7) is 5.57. The minimum Gasteiger partial charge on any atom is -0.489 e. The van der Waals surface area contributed by atoms with Crippen molar-refractivity contribution in [2.75, 3.05) is 49.6 Å². The highest BCUT2D eigenvalue weighted by Gasteiger charge is 2.23. The van der Waals surface area contributed by atoms with Gasteiger partial charge in [-0.1, -0.05) is 18.2 Å². The number of amides is 1. The average molecular weight is 503 g/mol. The summed E-state index contributed by atoms with van der Waals surface area (Å²) in [4.78, 5) is 20.1. The summed E-state index contributed by atoms with van der Waals surface area (Å²) in [5, 5.41) is 13.3. The third kappa shape index (κ3) is 5.33. The number of halogens is 3. The summed E-state index contributed by atoms with van der Waals surface area (Å²) in [5.74, 6) is -0.339. The van der Waals surface area contributed by atoms with Gasteiger partial charge in [0.15, 0.2) is 0 Å². The predicted octanol–water partition coefficient (Wildman–Crippen LogP) is 4.52. The molecule has 1 saturated heterocycles. The first-order chi connectivity index (χ1) is 17.3. The second-order valence-corrected chi connectivity index (χ2v) is 8.68. The fraction of sp³-hybridized carbons (Fsp3) is 0.385. The van der Waals surface area contributed by atoms with Crippen LogP contribution in [0, 0.1) is 5.82 Å². The van der Waals surface area contributed by atoms with E-state index < -0.39 is 23.8 Å².